The van der Waals surface area contributed by atoms with Crippen molar-refractivity contribution in [1.29, 1.82) is 0 Å². The number of carbonyl (C=O) groups is 3. The first-order valence-corrected chi connectivity index (χ1v) is 30.1. The lowest BCUT2D eigenvalue weighted by Crippen LogP contribution is -2.30. The first kappa shape index (κ1) is 66.4. The summed E-state index contributed by atoms with van der Waals surface area (Å²) in [7, 11) is 0. The molecule has 0 saturated heterocycles. The van der Waals surface area contributed by atoms with Gasteiger partial charge in [0.2, 0.25) is 0 Å². The molecule has 0 aliphatic heterocycles. The van der Waals surface area contributed by atoms with Crippen LogP contribution >= 0.6 is 0 Å². The van der Waals surface area contributed by atoms with Crippen molar-refractivity contribution in [1.82, 2.24) is 0 Å². The van der Waals surface area contributed by atoms with Crippen LogP contribution in [0.25, 0.3) is 0 Å². The largest absolute Gasteiger partial charge is 0.462 e. The number of rotatable bonds is 55. The summed E-state index contributed by atoms with van der Waals surface area (Å²) in [5, 5.41) is 0. The lowest BCUT2D eigenvalue weighted by atomic mass is 10.0. The maximum Gasteiger partial charge on any atom is 0.306 e. The van der Waals surface area contributed by atoms with Crippen LogP contribution in [-0.4, -0.2) is 37.2 Å². The van der Waals surface area contributed by atoms with Crippen molar-refractivity contribution >= 4 is 17.9 Å². The summed E-state index contributed by atoms with van der Waals surface area (Å²) in [5.41, 5.74) is 0. The van der Waals surface area contributed by atoms with E-state index in [-0.39, 0.29) is 31.1 Å². The highest BCUT2D eigenvalue weighted by Gasteiger charge is 2.19. The van der Waals surface area contributed by atoms with Gasteiger partial charge in [-0.05, 0) is 64.2 Å². The van der Waals surface area contributed by atoms with Gasteiger partial charge in [0, 0.05) is 19.3 Å². The average molecular weight is 968 g/mol. The van der Waals surface area contributed by atoms with E-state index in [1.165, 1.54) is 193 Å². The van der Waals surface area contributed by atoms with Gasteiger partial charge in [0.15, 0.2) is 6.10 Å². The van der Waals surface area contributed by atoms with Gasteiger partial charge in [-0.25, -0.2) is 0 Å². The maximum atomic E-state index is 12.9. The van der Waals surface area contributed by atoms with Crippen LogP contribution in [0.3, 0.4) is 0 Å². The first-order chi connectivity index (χ1) is 34.0. The van der Waals surface area contributed by atoms with Crippen LogP contribution in [0.2, 0.25) is 0 Å². The SMILES string of the molecule is CCCCC/C=C\C/C=C\C/C=C\C/C=C\CCCCCC(=O)O[C@@H](COC(=O)CCCCCCCCCCCCCCCCC)COC(=O)CCCCCCCCCCCCCCCCCCC. The monoisotopic (exact) mass is 967 g/mol. The van der Waals surface area contributed by atoms with Crippen LogP contribution in [0.1, 0.15) is 316 Å². The number of ether oxygens (including phenoxy) is 3. The highest BCUT2D eigenvalue weighted by molar-refractivity contribution is 5.71. The summed E-state index contributed by atoms with van der Waals surface area (Å²) >= 11 is 0. The van der Waals surface area contributed by atoms with Gasteiger partial charge in [-0.3, -0.25) is 14.4 Å². The summed E-state index contributed by atoms with van der Waals surface area (Å²) in [4.78, 5) is 38.2. The van der Waals surface area contributed by atoms with Crippen molar-refractivity contribution in [2.75, 3.05) is 13.2 Å². The molecule has 6 nitrogen and oxygen atoms in total. The number of hydrogen-bond donors (Lipinski definition) is 0. The smallest absolute Gasteiger partial charge is 0.306 e. The number of hydrogen-bond acceptors (Lipinski definition) is 6. The number of esters is 3. The Morgan fingerprint density at radius 1 is 0.290 bits per heavy atom. The standard InChI is InChI=1S/C63H114O6/c1-4-7-10-13-16-19-22-25-28-30-31-33-36-39-42-45-48-51-54-57-63(66)69-60(58-67-61(64)55-52-49-46-43-40-37-34-27-24-21-18-15-12-9-6-3)59-68-62(65)56-53-50-47-44-41-38-35-32-29-26-23-20-17-14-11-8-5-2/h16,19,25,28,31,33,39,42,60H,4-15,17-18,20-24,26-27,29-30,32,34-38,40-41,43-59H2,1-3H3/b19-16-,28-25-,33-31-,42-39-/t60-/m0/s1. The van der Waals surface area contributed by atoms with Crippen LogP contribution in [0.15, 0.2) is 48.6 Å². The summed E-state index contributed by atoms with van der Waals surface area (Å²) in [5.74, 6) is -0.893. The molecule has 0 bridgehead atoms. The van der Waals surface area contributed by atoms with Crippen molar-refractivity contribution in [3.8, 4) is 0 Å². The zero-order valence-electron chi connectivity index (χ0n) is 46.1. The molecule has 0 aliphatic rings. The molecule has 0 aromatic heterocycles. The Labute approximate surface area is 428 Å². The number of unbranched alkanes of at least 4 members (excludes halogenated alkanes) is 36. The molecule has 0 spiro atoms. The fourth-order valence-electron chi connectivity index (χ4n) is 8.78. The molecule has 69 heavy (non-hydrogen) atoms. The summed E-state index contributed by atoms with van der Waals surface area (Å²) in [6, 6.07) is 0. The lowest BCUT2D eigenvalue weighted by Gasteiger charge is -2.18. The second kappa shape index (κ2) is 57.9. The third-order valence-electron chi connectivity index (χ3n) is 13.3. The highest BCUT2D eigenvalue weighted by Crippen LogP contribution is 2.17. The molecule has 0 amide bonds. The Kier molecular flexibility index (Phi) is 55.7. The molecule has 0 unspecified atom stereocenters. The molecular formula is C63H114O6. The molecule has 6 heteroatoms. The third kappa shape index (κ3) is 56.2. The molecule has 1 atom stereocenters. The van der Waals surface area contributed by atoms with E-state index in [0.29, 0.717) is 19.3 Å². The van der Waals surface area contributed by atoms with Crippen LogP contribution < -0.4 is 0 Å². The van der Waals surface area contributed by atoms with E-state index in [0.717, 1.165) is 83.5 Å². The van der Waals surface area contributed by atoms with Gasteiger partial charge in [0.1, 0.15) is 13.2 Å². The van der Waals surface area contributed by atoms with Crippen molar-refractivity contribution in [2.45, 2.75) is 322 Å². The minimum Gasteiger partial charge on any atom is -0.462 e. The average Bonchev–Trinajstić information content (AvgIpc) is 3.35. The Balaban J connectivity index is 4.40. The molecule has 0 saturated carbocycles. The minimum atomic E-state index is -0.786. The first-order valence-electron chi connectivity index (χ1n) is 30.1. The fraction of sp³-hybridized carbons (Fsp3) is 0.825. The summed E-state index contributed by atoms with van der Waals surface area (Å²) in [6.07, 6.45) is 71.0. The van der Waals surface area contributed by atoms with E-state index in [4.69, 9.17) is 14.2 Å². The van der Waals surface area contributed by atoms with Crippen molar-refractivity contribution in [3.05, 3.63) is 48.6 Å². The van der Waals surface area contributed by atoms with E-state index < -0.39 is 6.10 Å². The zero-order chi connectivity index (χ0) is 50.0. The molecule has 0 radical (unpaired) electrons. The van der Waals surface area contributed by atoms with Gasteiger partial charge >= 0.3 is 17.9 Å². The van der Waals surface area contributed by atoms with Gasteiger partial charge in [-0.1, -0.05) is 281 Å². The zero-order valence-corrected chi connectivity index (χ0v) is 46.1. The van der Waals surface area contributed by atoms with E-state index >= 15 is 0 Å². The quantitative estimate of drug-likeness (QED) is 0.0262. The Bertz CT molecular complexity index is 1200. The Morgan fingerprint density at radius 2 is 0.522 bits per heavy atom. The molecule has 0 heterocycles. The maximum absolute atomic E-state index is 12.9. The normalized spacial score (nSPS) is 12.3. The molecule has 0 aliphatic carbocycles. The van der Waals surface area contributed by atoms with E-state index in [1.54, 1.807) is 0 Å². The predicted molar refractivity (Wildman–Crippen MR) is 298 cm³/mol. The molecule has 0 rings (SSSR count). The second-order valence-electron chi connectivity index (χ2n) is 20.3. The van der Waals surface area contributed by atoms with Crippen LogP contribution in [-0.2, 0) is 28.6 Å². The molecule has 0 aromatic rings. The number of carbonyl (C=O) groups excluding carboxylic acids is 3. The van der Waals surface area contributed by atoms with Crippen LogP contribution in [0.4, 0.5) is 0 Å². The summed E-state index contributed by atoms with van der Waals surface area (Å²) in [6.45, 7) is 6.63. The van der Waals surface area contributed by atoms with E-state index in [1.807, 2.05) is 0 Å². The molecule has 0 N–H and O–H groups in total. The Hall–Kier alpha value is -2.63. The van der Waals surface area contributed by atoms with E-state index in [2.05, 4.69) is 69.4 Å². The van der Waals surface area contributed by atoms with Crippen molar-refractivity contribution < 1.29 is 28.6 Å². The molecule has 0 aromatic carbocycles. The van der Waals surface area contributed by atoms with Gasteiger partial charge in [0.25, 0.3) is 0 Å². The fourth-order valence-corrected chi connectivity index (χ4v) is 8.78. The van der Waals surface area contributed by atoms with Crippen molar-refractivity contribution in [3.63, 3.8) is 0 Å². The van der Waals surface area contributed by atoms with Gasteiger partial charge < -0.3 is 14.2 Å². The van der Waals surface area contributed by atoms with E-state index in [9.17, 15) is 14.4 Å². The lowest BCUT2D eigenvalue weighted by molar-refractivity contribution is -0.167. The van der Waals surface area contributed by atoms with Crippen LogP contribution in [0, 0.1) is 0 Å². The van der Waals surface area contributed by atoms with Gasteiger partial charge in [-0.15, -0.1) is 0 Å². The third-order valence-corrected chi connectivity index (χ3v) is 13.3. The second-order valence-corrected chi connectivity index (χ2v) is 20.3. The molecule has 402 valence electrons. The van der Waals surface area contributed by atoms with Gasteiger partial charge in [0.05, 0.1) is 0 Å². The Morgan fingerprint density at radius 3 is 0.841 bits per heavy atom. The van der Waals surface area contributed by atoms with Crippen molar-refractivity contribution in [2.24, 2.45) is 0 Å². The van der Waals surface area contributed by atoms with Crippen LogP contribution in [0.5, 0.6) is 0 Å². The summed E-state index contributed by atoms with van der Waals surface area (Å²) < 4.78 is 16.9. The molecular weight excluding hydrogens is 853 g/mol. The predicted octanol–water partition coefficient (Wildman–Crippen LogP) is 20.2. The van der Waals surface area contributed by atoms with Gasteiger partial charge in [-0.2, -0.15) is 0 Å². The highest BCUT2D eigenvalue weighted by atomic mass is 16.6. The minimum absolute atomic E-state index is 0.0815. The number of allylic oxidation sites excluding steroid dienone is 8. The molecule has 0 fully saturated rings. The topological polar surface area (TPSA) is 78.9 Å².